The maximum Gasteiger partial charge on any atom is 0.0540 e. The SMILES string of the molecule is CSCCS(=O)c1ccc(N)cc1C. The van der Waals surface area contributed by atoms with Crippen LogP contribution in [0.25, 0.3) is 0 Å². The lowest BCUT2D eigenvalue weighted by atomic mass is 10.2. The number of nitrogen functional groups attached to an aromatic ring is 1. The van der Waals surface area contributed by atoms with Gasteiger partial charge in [0, 0.05) is 22.1 Å². The van der Waals surface area contributed by atoms with Gasteiger partial charge in [-0.05, 0) is 36.9 Å². The van der Waals surface area contributed by atoms with Crippen LogP contribution >= 0.6 is 11.8 Å². The third-order valence-electron chi connectivity index (χ3n) is 1.92. The summed E-state index contributed by atoms with van der Waals surface area (Å²) in [4.78, 5) is 0.910. The molecule has 0 spiro atoms. The number of aryl methyl sites for hydroxylation is 1. The van der Waals surface area contributed by atoms with E-state index in [1.54, 1.807) is 17.8 Å². The highest BCUT2D eigenvalue weighted by Crippen LogP contribution is 2.16. The van der Waals surface area contributed by atoms with Crippen molar-refractivity contribution < 1.29 is 4.21 Å². The van der Waals surface area contributed by atoms with Gasteiger partial charge >= 0.3 is 0 Å². The number of anilines is 1. The van der Waals surface area contributed by atoms with Crippen LogP contribution in [0.4, 0.5) is 5.69 Å². The molecule has 0 radical (unpaired) electrons. The Balaban J connectivity index is 2.80. The molecular weight excluding hydrogens is 214 g/mol. The van der Waals surface area contributed by atoms with Crippen molar-refractivity contribution >= 4 is 28.2 Å². The molecule has 0 aliphatic rings. The molecule has 4 heteroatoms. The van der Waals surface area contributed by atoms with Crippen LogP contribution in [0.5, 0.6) is 0 Å². The first-order valence-corrected chi connectivity index (χ1v) is 7.10. The van der Waals surface area contributed by atoms with Gasteiger partial charge in [0.05, 0.1) is 10.8 Å². The number of rotatable bonds is 4. The fraction of sp³-hybridized carbons (Fsp3) is 0.400. The molecule has 0 saturated carbocycles. The van der Waals surface area contributed by atoms with Gasteiger partial charge in [-0.3, -0.25) is 4.21 Å². The summed E-state index contributed by atoms with van der Waals surface area (Å²) in [5.41, 5.74) is 7.37. The number of nitrogens with two attached hydrogens (primary N) is 1. The van der Waals surface area contributed by atoms with Crippen LogP contribution in [0.3, 0.4) is 0 Å². The molecular formula is C10H15NOS2. The van der Waals surface area contributed by atoms with E-state index in [1.165, 1.54) is 0 Å². The summed E-state index contributed by atoms with van der Waals surface area (Å²) in [5, 5.41) is 0. The first-order chi connectivity index (χ1) is 6.65. The zero-order valence-electron chi connectivity index (χ0n) is 8.45. The van der Waals surface area contributed by atoms with Crippen LogP contribution < -0.4 is 5.73 Å². The zero-order valence-corrected chi connectivity index (χ0v) is 10.1. The van der Waals surface area contributed by atoms with Crippen LogP contribution in [0.15, 0.2) is 23.1 Å². The molecule has 14 heavy (non-hydrogen) atoms. The smallest absolute Gasteiger partial charge is 0.0540 e. The minimum atomic E-state index is -0.880. The molecule has 0 saturated heterocycles. The van der Waals surface area contributed by atoms with E-state index < -0.39 is 10.8 Å². The Hall–Kier alpha value is -0.480. The average Bonchev–Trinajstić information content (AvgIpc) is 2.14. The van der Waals surface area contributed by atoms with Crippen molar-refractivity contribution in [2.24, 2.45) is 0 Å². The second-order valence-electron chi connectivity index (χ2n) is 3.07. The van der Waals surface area contributed by atoms with Crippen molar-refractivity contribution in [2.75, 3.05) is 23.5 Å². The Morgan fingerprint density at radius 2 is 2.21 bits per heavy atom. The predicted molar refractivity (Wildman–Crippen MR) is 65.2 cm³/mol. The first-order valence-electron chi connectivity index (χ1n) is 4.38. The summed E-state index contributed by atoms with van der Waals surface area (Å²) in [5.74, 6) is 1.64. The first kappa shape index (κ1) is 11.6. The molecule has 78 valence electrons. The maximum absolute atomic E-state index is 11.8. The third-order valence-corrected chi connectivity index (χ3v) is 4.31. The summed E-state index contributed by atoms with van der Waals surface area (Å²) in [6.07, 6.45) is 2.02. The topological polar surface area (TPSA) is 43.1 Å². The molecule has 2 N–H and O–H groups in total. The van der Waals surface area contributed by atoms with E-state index in [-0.39, 0.29) is 0 Å². The summed E-state index contributed by atoms with van der Waals surface area (Å²) in [6.45, 7) is 1.95. The lowest BCUT2D eigenvalue weighted by molar-refractivity contribution is 0.683. The van der Waals surface area contributed by atoms with Crippen molar-refractivity contribution in [1.82, 2.24) is 0 Å². The minimum Gasteiger partial charge on any atom is -0.399 e. The standard InChI is InChI=1S/C10H15NOS2/c1-8-7-9(11)3-4-10(8)14(12)6-5-13-2/h3-4,7H,5-6,11H2,1-2H3. The van der Waals surface area contributed by atoms with Crippen LogP contribution in [0.2, 0.25) is 0 Å². The van der Waals surface area contributed by atoms with Crippen LogP contribution in [0.1, 0.15) is 5.56 Å². The summed E-state index contributed by atoms with van der Waals surface area (Å²) in [6, 6.07) is 5.53. The van der Waals surface area contributed by atoms with Gasteiger partial charge in [-0.25, -0.2) is 0 Å². The van der Waals surface area contributed by atoms with E-state index in [1.807, 2.05) is 25.3 Å². The van der Waals surface area contributed by atoms with Crippen LogP contribution in [-0.4, -0.2) is 22.0 Å². The molecule has 2 nitrogen and oxygen atoms in total. The van der Waals surface area contributed by atoms with Crippen molar-refractivity contribution in [3.63, 3.8) is 0 Å². The molecule has 0 aliphatic heterocycles. The molecule has 0 amide bonds. The van der Waals surface area contributed by atoms with Crippen LogP contribution in [0, 0.1) is 6.92 Å². The van der Waals surface area contributed by atoms with Gasteiger partial charge in [0.25, 0.3) is 0 Å². The molecule has 0 aromatic heterocycles. The summed E-state index contributed by atoms with van der Waals surface area (Å²) < 4.78 is 11.8. The normalized spacial score (nSPS) is 12.7. The number of hydrogen-bond acceptors (Lipinski definition) is 3. The maximum atomic E-state index is 11.8. The molecule has 1 rings (SSSR count). The molecule has 1 atom stereocenters. The summed E-state index contributed by atoms with van der Waals surface area (Å²) in [7, 11) is -0.880. The van der Waals surface area contributed by atoms with Gasteiger partial charge in [-0.1, -0.05) is 0 Å². The number of hydrogen-bond donors (Lipinski definition) is 1. The zero-order chi connectivity index (χ0) is 10.6. The summed E-state index contributed by atoms with van der Waals surface area (Å²) >= 11 is 1.72. The van der Waals surface area contributed by atoms with Crippen molar-refractivity contribution in [2.45, 2.75) is 11.8 Å². The lowest BCUT2D eigenvalue weighted by Gasteiger charge is -2.05. The molecule has 0 bridgehead atoms. The minimum absolute atomic E-state index is 0.714. The Bertz CT molecular complexity index is 339. The van der Waals surface area contributed by atoms with E-state index in [2.05, 4.69) is 0 Å². The molecule has 0 aliphatic carbocycles. The Morgan fingerprint density at radius 1 is 1.50 bits per heavy atom. The predicted octanol–water partition coefficient (Wildman–Crippen LogP) is 2.05. The van der Waals surface area contributed by atoms with Gasteiger partial charge in [-0.2, -0.15) is 11.8 Å². The average molecular weight is 229 g/mol. The number of benzene rings is 1. The fourth-order valence-corrected chi connectivity index (χ4v) is 3.33. The van der Waals surface area contributed by atoms with Crippen molar-refractivity contribution in [1.29, 1.82) is 0 Å². The molecule has 0 fully saturated rings. The van der Waals surface area contributed by atoms with E-state index >= 15 is 0 Å². The lowest BCUT2D eigenvalue weighted by Crippen LogP contribution is -2.02. The van der Waals surface area contributed by atoms with Crippen molar-refractivity contribution in [3.8, 4) is 0 Å². The molecule has 0 heterocycles. The van der Waals surface area contributed by atoms with Crippen molar-refractivity contribution in [3.05, 3.63) is 23.8 Å². The highest BCUT2D eigenvalue weighted by Gasteiger charge is 2.06. The second kappa shape index (κ2) is 5.41. The van der Waals surface area contributed by atoms with E-state index in [0.29, 0.717) is 5.75 Å². The van der Waals surface area contributed by atoms with Gasteiger partial charge in [0.15, 0.2) is 0 Å². The molecule has 1 unspecified atom stereocenters. The Kier molecular flexibility index (Phi) is 4.48. The van der Waals surface area contributed by atoms with E-state index in [0.717, 1.165) is 21.9 Å². The highest BCUT2D eigenvalue weighted by atomic mass is 32.2. The second-order valence-corrected chi connectivity index (χ2v) is 5.59. The molecule has 1 aromatic rings. The fourth-order valence-electron chi connectivity index (χ4n) is 1.20. The quantitative estimate of drug-likeness (QED) is 0.804. The van der Waals surface area contributed by atoms with Gasteiger partial charge in [-0.15, -0.1) is 0 Å². The highest BCUT2D eigenvalue weighted by molar-refractivity contribution is 7.99. The van der Waals surface area contributed by atoms with Gasteiger partial charge in [0.1, 0.15) is 0 Å². The molecule has 1 aromatic carbocycles. The van der Waals surface area contributed by atoms with E-state index in [9.17, 15) is 4.21 Å². The van der Waals surface area contributed by atoms with E-state index in [4.69, 9.17) is 5.73 Å². The van der Waals surface area contributed by atoms with Gasteiger partial charge < -0.3 is 5.73 Å². The third kappa shape index (κ3) is 3.03. The monoisotopic (exact) mass is 229 g/mol. The largest absolute Gasteiger partial charge is 0.399 e. The Labute approximate surface area is 91.7 Å². The Morgan fingerprint density at radius 3 is 2.79 bits per heavy atom. The number of thioether (sulfide) groups is 1. The van der Waals surface area contributed by atoms with Crippen LogP contribution in [-0.2, 0) is 10.8 Å². The van der Waals surface area contributed by atoms with Gasteiger partial charge in [0.2, 0.25) is 0 Å².